The number of hydrogen-bond acceptors (Lipinski definition) is 5. The first kappa shape index (κ1) is 13.7. The van der Waals surface area contributed by atoms with E-state index in [1.807, 2.05) is 18.2 Å². The van der Waals surface area contributed by atoms with E-state index in [2.05, 4.69) is 46.6 Å². The Morgan fingerprint density at radius 2 is 2.22 bits per heavy atom. The molecule has 2 N–H and O–H groups in total. The second-order valence-electron chi connectivity index (χ2n) is 4.11. The van der Waals surface area contributed by atoms with E-state index in [1.165, 1.54) is 0 Å². The number of thioether (sulfide) groups is 1. The van der Waals surface area contributed by atoms with Gasteiger partial charge in [-0.15, -0.1) is 0 Å². The lowest BCUT2D eigenvalue weighted by Gasteiger charge is -2.01. The Morgan fingerprint density at radius 3 is 2.94 bits per heavy atom. The number of hydrogen-bond donors (Lipinski definition) is 1. The summed E-state index contributed by atoms with van der Waals surface area (Å²) in [5.74, 6) is 1.96. The van der Waals surface area contributed by atoms with Crippen molar-refractivity contribution in [2.45, 2.75) is 24.9 Å². The Balaban J connectivity index is 2.21. The van der Waals surface area contributed by atoms with E-state index in [4.69, 9.17) is 10.3 Å². The van der Waals surface area contributed by atoms with Crippen LogP contribution in [0.3, 0.4) is 0 Å². The zero-order valence-electron chi connectivity index (χ0n) is 10.2. The number of nitrogen functional groups attached to an aromatic ring is 1. The number of nitrogens with two attached hydrogens (primary N) is 1. The third kappa shape index (κ3) is 3.38. The summed E-state index contributed by atoms with van der Waals surface area (Å²) in [6.45, 7) is 4.28. The fourth-order valence-corrected chi connectivity index (χ4v) is 2.47. The maximum absolute atomic E-state index is 5.92. The normalized spacial score (nSPS) is 11.1. The van der Waals surface area contributed by atoms with Gasteiger partial charge in [0.25, 0.3) is 5.89 Å². The average molecular weight is 375 g/mol. The summed E-state index contributed by atoms with van der Waals surface area (Å²) in [7, 11) is 0. The van der Waals surface area contributed by atoms with Gasteiger partial charge in [-0.25, -0.2) is 0 Å². The maximum atomic E-state index is 5.92. The molecule has 2 rings (SSSR count). The number of halogens is 1. The molecule has 1 heterocycles. The Kier molecular flexibility index (Phi) is 4.50. The fraction of sp³-hybridized carbons (Fsp3) is 0.333. The Bertz CT molecular complexity index is 542. The van der Waals surface area contributed by atoms with E-state index in [1.54, 1.807) is 11.8 Å². The first-order valence-electron chi connectivity index (χ1n) is 5.56. The van der Waals surface area contributed by atoms with Crippen molar-refractivity contribution in [1.29, 1.82) is 0 Å². The van der Waals surface area contributed by atoms with Gasteiger partial charge in [0.2, 0.25) is 0 Å². The van der Waals surface area contributed by atoms with Gasteiger partial charge in [0.05, 0.1) is 11.3 Å². The summed E-state index contributed by atoms with van der Waals surface area (Å²) in [5.41, 5.74) is 7.37. The molecule has 0 atom stereocenters. The minimum atomic E-state index is 0.491. The highest BCUT2D eigenvalue weighted by Gasteiger charge is 2.12. The van der Waals surface area contributed by atoms with E-state index < -0.39 is 0 Å². The molecule has 1 aromatic carbocycles. The molecule has 0 aliphatic heterocycles. The van der Waals surface area contributed by atoms with Crippen molar-refractivity contribution < 1.29 is 4.52 Å². The molecule has 4 nitrogen and oxygen atoms in total. The molecule has 0 unspecified atom stereocenters. The fourth-order valence-electron chi connectivity index (χ4n) is 1.38. The van der Waals surface area contributed by atoms with Gasteiger partial charge in [0, 0.05) is 9.26 Å². The summed E-state index contributed by atoms with van der Waals surface area (Å²) < 4.78 is 6.35. The number of nitrogens with zero attached hydrogens (tertiary/aromatic N) is 2. The largest absolute Gasteiger partial charge is 0.398 e. The lowest BCUT2D eigenvalue weighted by Crippen LogP contribution is -1.92. The van der Waals surface area contributed by atoms with Gasteiger partial charge < -0.3 is 10.3 Å². The van der Waals surface area contributed by atoms with Crippen LogP contribution in [0.1, 0.15) is 19.7 Å². The van der Waals surface area contributed by atoms with Crippen LogP contribution in [0, 0.1) is 3.57 Å². The van der Waals surface area contributed by atoms with E-state index in [0.29, 0.717) is 22.7 Å². The first-order valence-corrected chi connectivity index (χ1v) is 7.68. The van der Waals surface area contributed by atoms with Gasteiger partial charge in [0.1, 0.15) is 0 Å². The summed E-state index contributed by atoms with van der Waals surface area (Å²) in [6.07, 6.45) is 0. The van der Waals surface area contributed by atoms with Crippen LogP contribution in [0.2, 0.25) is 0 Å². The van der Waals surface area contributed by atoms with Crippen molar-refractivity contribution in [2.24, 2.45) is 0 Å². The standard InChI is InChI=1S/C12H14IN3OS/c1-7(2)18-6-11-15-12(17-16-11)9-5-8(13)3-4-10(9)14/h3-5,7H,6,14H2,1-2H3. The molecule has 0 fully saturated rings. The summed E-state index contributed by atoms with van der Waals surface area (Å²) in [5, 5.41) is 4.52. The number of rotatable bonds is 4. The second-order valence-corrected chi connectivity index (χ2v) is 6.92. The Hall–Kier alpha value is -0.760. The van der Waals surface area contributed by atoms with Gasteiger partial charge >= 0.3 is 0 Å². The average Bonchev–Trinajstić information content (AvgIpc) is 2.78. The molecule has 0 radical (unpaired) electrons. The minimum Gasteiger partial charge on any atom is -0.398 e. The molecule has 2 aromatic rings. The minimum absolute atomic E-state index is 0.491. The van der Waals surface area contributed by atoms with E-state index in [9.17, 15) is 0 Å². The lowest BCUT2D eigenvalue weighted by atomic mass is 10.2. The van der Waals surface area contributed by atoms with Crippen molar-refractivity contribution >= 4 is 40.0 Å². The van der Waals surface area contributed by atoms with Crippen LogP contribution in [0.15, 0.2) is 22.7 Å². The molecule has 0 aliphatic rings. The predicted molar refractivity (Wildman–Crippen MR) is 83.3 cm³/mol. The van der Waals surface area contributed by atoms with Gasteiger partial charge in [-0.1, -0.05) is 19.0 Å². The number of benzene rings is 1. The van der Waals surface area contributed by atoms with Crippen LogP contribution in [-0.2, 0) is 5.75 Å². The van der Waals surface area contributed by atoms with Crippen molar-refractivity contribution in [1.82, 2.24) is 10.1 Å². The summed E-state index contributed by atoms with van der Waals surface area (Å²) in [4.78, 5) is 4.37. The molecule has 96 valence electrons. The molecular formula is C12H14IN3OS. The van der Waals surface area contributed by atoms with Crippen LogP contribution in [0.5, 0.6) is 0 Å². The molecule has 0 saturated heterocycles. The van der Waals surface area contributed by atoms with Crippen molar-refractivity contribution in [3.05, 3.63) is 27.6 Å². The molecule has 0 bridgehead atoms. The van der Waals surface area contributed by atoms with E-state index in [0.717, 1.165) is 14.9 Å². The van der Waals surface area contributed by atoms with E-state index >= 15 is 0 Å². The highest BCUT2D eigenvalue weighted by atomic mass is 127. The molecule has 0 amide bonds. The second kappa shape index (κ2) is 5.92. The molecule has 0 saturated carbocycles. The van der Waals surface area contributed by atoms with Crippen LogP contribution >= 0.6 is 34.4 Å². The number of aromatic nitrogens is 2. The van der Waals surface area contributed by atoms with Gasteiger partial charge in [-0.2, -0.15) is 16.7 Å². The highest BCUT2D eigenvalue weighted by Crippen LogP contribution is 2.27. The van der Waals surface area contributed by atoms with E-state index in [-0.39, 0.29) is 0 Å². The van der Waals surface area contributed by atoms with Crippen LogP contribution in [-0.4, -0.2) is 15.4 Å². The first-order chi connectivity index (χ1) is 8.56. The molecular weight excluding hydrogens is 361 g/mol. The Morgan fingerprint density at radius 1 is 1.44 bits per heavy atom. The van der Waals surface area contributed by atoms with Crippen molar-refractivity contribution in [3.63, 3.8) is 0 Å². The Labute approximate surface area is 124 Å². The maximum Gasteiger partial charge on any atom is 0.260 e. The molecule has 0 spiro atoms. The zero-order chi connectivity index (χ0) is 13.1. The smallest absolute Gasteiger partial charge is 0.260 e. The topological polar surface area (TPSA) is 64.9 Å². The highest BCUT2D eigenvalue weighted by molar-refractivity contribution is 14.1. The zero-order valence-corrected chi connectivity index (χ0v) is 13.2. The molecule has 18 heavy (non-hydrogen) atoms. The summed E-state index contributed by atoms with van der Waals surface area (Å²) in [6, 6.07) is 5.75. The van der Waals surface area contributed by atoms with Crippen LogP contribution in [0.4, 0.5) is 5.69 Å². The van der Waals surface area contributed by atoms with Gasteiger partial charge in [0.15, 0.2) is 5.82 Å². The SMILES string of the molecule is CC(C)SCc1noc(-c2cc(I)ccc2N)n1. The summed E-state index contributed by atoms with van der Waals surface area (Å²) >= 11 is 4.01. The number of anilines is 1. The monoisotopic (exact) mass is 375 g/mol. The van der Waals surface area contributed by atoms with Crippen molar-refractivity contribution in [3.8, 4) is 11.5 Å². The van der Waals surface area contributed by atoms with Crippen LogP contribution in [0.25, 0.3) is 11.5 Å². The lowest BCUT2D eigenvalue weighted by molar-refractivity contribution is 0.425. The van der Waals surface area contributed by atoms with Crippen molar-refractivity contribution in [2.75, 3.05) is 5.73 Å². The van der Waals surface area contributed by atoms with Crippen LogP contribution < -0.4 is 5.73 Å². The third-order valence-electron chi connectivity index (χ3n) is 2.26. The third-order valence-corrected chi connectivity index (χ3v) is 4.02. The predicted octanol–water partition coefficient (Wildman–Crippen LogP) is 3.57. The molecule has 0 aliphatic carbocycles. The molecule has 6 heteroatoms. The van der Waals surface area contributed by atoms with Gasteiger partial charge in [-0.3, -0.25) is 0 Å². The van der Waals surface area contributed by atoms with Gasteiger partial charge in [-0.05, 0) is 46.0 Å². The molecule has 1 aromatic heterocycles. The quantitative estimate of drug-likeness (QED) is 0.654.